The first kappa shape index (κ1) is 10.4. The van der Waals surface area contributed by atoms with E-state index in [1.807, 2.05) is 6.07 Å². The Labute approximate surface area is 95.7 Å². The zero-order valence-electron chi connectivity index (χ0n) is 8.52. The van der Waals surface area contributed by atoms with Crippen molar-refractivity contribution in [2.75, 3.05) is 11.1 Å². The molecule has 0 aliphatic heterocycles. The Bertz CT molecular complexity index is 538. The molecule has 0 unspecified atom stereocenters. The molecule has 3 N–H and O–H groups in total. The zero-order valence-corrected chi connectivity index (χ0v) is 9.34. The quantitative estimate of drug-likeness (QED) is 0.836. The van der Waals surface area contributed by atoms with Gasteiger partial charge in [-0.25, -0.2) is 0 Å². The highest BCUT2D eigenvalue weighted by molar-refractivity contribution is 7.17. The molecule has 7 heteroatoms. The molecule has 2 aromatic heterocycles. The van der Waals surface area contributed by atoms with Gasteiger partial charge in [-0.05, 0) is 6.07 Å². The van der Waals surface area contributed by atoms with E-state index in [1.54, 1.807) is 13.0 Å². The Morgan fingerprint density at radius 3 is 3.06 bits per heavy atom. The molecule has 0 amide bonds. The number of nitriles is 1. The number of nitrogen functional groups attached to an aromatic ring is 1. The summed E-state index contributed by atoms with van der Waals surface area (Å²) in [7, 11) is 0. The number of hydrogen-bond acceptors (Lipinski definition) is 7. The average molecular weight is 235 g/mol. The van der Waals surface area contributed by atoms with Crippen LogP contribution in [-0.4, -0.2) is 10.1 Å². The minimum atomic E-state index is 0.447. The van der Waals surface area contributed by atoms with Crippen LogP contribution in [-0.2, 0) is 6.54 Å². The van der Waals surface area contributed by atoms with Gasteiger partial charge in [-0.2, -0.15) is 10.2 Å². The normalized spacial score (nSPS) is 10.0. The van der Waals surface area contributed by atoms with Crippen molar-refractivity contribution in [1.29, 1.82) is 5.26 Å². The van der Waals surface area contributed by atoms with Gasteiger partial charge in [-0.1, -0.05) is 5.16 Å². The number of aryl methyl sites for hydroxylation is 1. The molecule has 0 aliphatic carbocycles. The summed E-state index contributed by atoms with van der Waals surface area (Å²) >= 11 is 1.30. The number of nitrogens with one attached hydrogen (secondary N) is 1. The predicted octanol–water partition coefficient (Wildman–Crippen LogP) is 1.51. The summed E-state index contributed by atoms with van der Waals surface area (Å²) in [4.78, 5) is 4.55. The van der Waals surface area contributed by atoms with Gasteiger partial charge in [-0.15, -0.1) is 11.3 Å². The maximum atomic E-state index is 8.73. The molecule has 0 bridgehead atoms. The summed E-state index contributed by atoms with van der Waals surface area (Å²) in [6.45, 7) is 2.18. The van der Waals surface area contributed by atoms with Crippen LogP contribution in [0.5, 0.6) is 0 Å². The van der Waals surface area contributed by atoms with Crippen molar-refractivity contribution in [2.45, 2.75) is 13.5 Å². The number of rotatable bonds is 3. The molecule has 2 rings (SSSR count). The SMILES string of the molecule is Cc1nc(CNc2cc(N)c(C#N)s2)no1. The lowest BCUT2D eigenvalue weighted by Gasteiger charge is -1.96. The first-order chi connectivity index (χ1) is 7.69. The highest BCUT2D eigenvalue weighted by Crippen LogP contribution is 2.28. The van der Waals surface area contributed by atoms with E-state index in [-0.39, 0.29) is 0 Å². The first-order valence-electron chi connectivity index (χ1n) is 4.51. The van der Waals surface area contributed by atoms with Crippen molar-refractivity contribution in [3.05, 3.63) is 22.7 Å². The van der Waals surface area contributed by atoms with Gasteiger partial charge in [0.15, 0.2) is 5.82 Å². The first-order valence-corrected chi connectivity index (χ1v) is 5.33. The van der Waals surface area contributed by atoms with Crippen molar-refractivity contribution in [1.82, 2.24) is 10.1 Å². The second-order valence-electron chi connectivity index (χ2n) is 3.09. The molecule has 6 nitrogen and oxygen atoms in total. The lowest BCUT2D eigenvalue weighted by atomic mass is 10.4. The van der Waals surface area contributed by atoms with E-state index in [4.69, 9.17) is 15.5 Å². The van der Waals surface area contributed by atoms with Crippen LogP contribution in [0.25, 0.3) is 0 Å². The van der Waals surface area contributed by atoms with Gasteiger partial charge in [0, 0.05) is 6.92 Å². The molecule has 0 spiro atoms. The van der Waals surface area contributed by atoms with Gasteiger partial charge in [0.2, 0.25) is 5.89 Å². The van der Waals surface area contributed by atoms with Crippen LogP contribution in [0.1, 0.15) is 16.6 Å². The topological polar surface area (TPSA) is 101 Å². The van der Waals surface area contributed by atoms with E-state index in [0.29, 0.717) is 28.8 Å². The fraction of sp³-hybridized carbons (Fsp3) is 0.222. The fourth-order valence-electron chi connectivity index (χ4n) is 1.16. The summed E-state index contributed by atoms with van der Waals surface area (Å²) in [5.41, 5.74) is 6.11. The molecular formula is C9H9N5OS. The number of nitrogens with zero attached hydrogens (tertiary/aromatic N) is 3. The van der Waals surface area contributed by atoms with E-state index in [2.05, 4.69) is 15.5 Å². The van der Waals surface area contributed by atoms with Crippen molar-refractivity contribution < 1.29 is 4.52 Å². The molecule has 0 saturated carbocycles. The largest absolute Gasteiger partial charge is 0.397 e. The van der Waals surface area contributed by atoms with Gasteiger partial charge in [0.25, 0.3) is 0 Å². The van der Waals surface area contributed by atoms with E-state index < -0.39 is 0 Å². The van der Waals surface area contributed by atoms with E-state index in [0.717, 1.165) is 5.00 Å². The highest BCUT2D eigenvalue weighted by atomic mass is 32.1. The highest BCUT2D eigenvalue weighted by Gasteiger charge is 2.06. The summed E-state index contributed by atoms with van der Waals surface area (Å²) in [6, 6.07) is 3.74. The Balaban J connectivity index is 2.02. The zero-order chi connectivity index (χ0) is 11.5. The minimum Gasteiger partial charge on any atom is -0.397 e. The van der Waals surface area contributed by atoms with E-state index >= 15 is 0 Å². The Kier molecular flexibility index (Phi) is 2.74. The van der Waals surface area contributed by atoms with E-state index in [1.165, 1.54) is 11.3 Å². The second kappa shape index (κ2) is 4.20. The number of aromatic nitrogens is 2. The molecule has 16 heavy (non-hydrogen) atoms. The summed E-state index contributed by atoms with van der Waals surface area (Å²) in [5.74, 6) is 1.10. The maximum absolute atomic E-state index is 8.73. The van der Waals surface area contributed by atoms with Gasteiger partial charge in [0.05, 0.1) is 17.2 Å². The standard InChI is InChI=1S/C9H9N5OS/c1-5-13-8(14-15-5)4-12-9-2-6(11)7(3-10)16-9/h2,12H,4,11H2,1H3. The number of nitrogens with two attached hydrogens (primary N) is 1. The molecule has 0 atom stereocenters. The Morgan fingerprint density at radius 2 is 2.50 bits per heavy atom. The molecule has 0 saturated heterocycles. The lowest BCUT2D eigenvalue weighted by molar-refractivity contribution is 0.388. The predicted molar refractivity (Wildman–Crippen MR) is 59.8 cm³/mol. The van der Waals surface area contributed by atoms with Crippen LogP contribution < -0.4 is 11.1 Å². The summed E-state index contributed by atoms with van der Waals surface area (Å²) in [5, 5.41) is 16.4. The van der Waals surface area contributed by atoms with Crippen LogP contribution in [0.3, 0.4) is 0 Å². The van der Waals surface area contributed by atoms with Gasteiger partial charge >= 0.3 is 0 Å². The maximum Gasteiger partial charge on any atom is 0.223 e. The van der Waals surface area contributed by atoms with Crippen molar-refractivity contribution in [2.24, 2.45) is 0 Å². The number of hydrogen-bond donors (Lipinski definition) is 2. The minimum absolute atomic E-state index is 0.447. The van der Waals surface area contributed by atoms with Crippen molar-refractivity contribution >= 4 is 22.0 Å². The van der Waals surface area contributed by atoms with Crippen LogP contribution in [0.15, 0.2) is 10.6 Å². The number of thiophene rings is 1. The number of anilines is 2. The van der Waals surface area contributed by atoms with Gasteiger partial charge in [-0.3, -0.25) is 0 Å². The molecule has 82 valence electrons. The van der Waals surface area contributed by atoms with Crippen LogP contribution >= 0.6 is 11.3 Å². The van der Waals surface area contributed by atoms with Gasteiger partial charge in [0.1, 0.15) is 10.9 Å². The average Bonchev–Trinajstić information content (AvgIpc) is 2.82. The third kappa shape index (κ3) is 2.12. The molecule has 2 heterocycles. The lowest BCUT2D eigenvalue weighted by Crippen LogP contribution is -1.99. The summed E-state index contributed by atoms with van der Waals surface area (Å²) in [6.07, 6.45) is 0. The Hall–Kier alpha value is -2.07. The van der Waals surface area contributed by atoms with Crippen molar-refractivity contribution in [3.63, 3.8) is 0 Å². The van der Waals surface area contributed by atoms with Gasteiger partial charge < -0.3 is 15.6 Å². The van der Waals surface area contributed by atoms with Crippen molar-refractivity contribution in [3.8, 4) is 6.07 Å². The third-order valence-electron chi connectivity index (χ3n) is 1.85. The molecule has 0 fully saturated rings. The molecule has 0 aliphatic rings. The second-order valence-corrected chi connectivity index (χ2v) is 4.14. The Morgan fingerprint density at radius 1 is 1.69 bits per heavy atom. The molecule has 2 aromatic rings. The monoisotopic (exact) mass is 235 g/mol. The molecule has 0 radical (unpaired) electrons. The third-order valence-corrected chi connectivity index (χ3v) is 2.87. The molecule has 0 aromatic carbocycles. The van der Waals surface area contributed by atoms with Crippen LogP contribution in [0.2, 0.25) is 0 Å². The summed E-state index contributed by atoms with van der Waals surface area (Å²) < 4.78 is 4.83. The van der Waals surface area contributed by atoms with Crippen LogP contribution in [0.4, 0.5) is 10.7 Å². The fourth-order valence-corrected chi connectivity index (χ4v) is 1.93. The molecular weight excluding hydrogens is 226 g/mol. The van der Waals surface area contributed by atoms with Crippen LogP contribution in [0, 0.1) is 18.3 Å². The van der Waals surface area contributed by atoms with E-state index in [9.17, 15) is 0 Å². The smallest absolute Gasteiger partial charge is 0.223 e.